The molecule has 0 spiro atoms. The lowest BCUT2D eigenvalue weighted by Gasteiger charge is -2.14. The molecule has 0 heterocycles. The van der Waals surface area contributed by atoms with Gasteiger partial charge in [-0.2, -0.15) is 0 Å². The normalized spacial score (nSPS) is 10.8. The number of nitrogen functional groups attached to an aromatic ring is 1. The Kier molecular flexibility index (Phi) is 4.56. The lowest BCUT2D eigenvalue weighted by molar-refractivity contribution is -0.0741. The maximum Gasteiger partial charge on any atom is 0.222 e. The largest absolute Gasteiger partial charge is 0.398 e. The van der Waals surface area contributed by atoms with Gasteiger partial charge in [0.15, 0.2) is 0 Å². The van der Waals surface area contributed by atoms with Gasteiger partial charge in [0.25, 0.3) is 0 Å². The highest BCUT2D eigenvalue weighted by molar-refractivity contribution is 6.37. The lowest BCUT2D eigenvalue weighted by Crippen LogP contribution is -2.26. The first-order chi connectivity index (χ1) is 7.51. The van der Waals surface area contributed by atoms with Crippen LogP contribution in [0.15, 0.2) is 12.1 Å². The highest BCUT2D eigenvalue weighted by Crippen LogP contribution is 2.28. The molecule has 0 saturated carbocycles. The van der Waals surface area contributed by atoms with Gasteiger partial charge in [-0.1, -0.05) is 23.2 Å². The minimum atomic E-state index is -1.03. The van der Waals surface area contributed by atoms with E-state index in [2.05, 4.69) is 0 Å². The van der Waals surface area contributed by atoms with E-state index in [4.69, 9.17) is 38.4 Å². The third-order valence-corrected chi connectivity index (χ3v) is 2.49. The minimum Gasteiger partial charge on any atom is -0.398 e. The van der Waals surface area contributed by atoms with E-state index in [0.29, 0.717) is 5.02 Å². The van der Waals surface area contributed by atoms with Crippen LogP contribution in [0, 0.1) is 0 Å². The van der Waals surface area contributed by atoms with Crippen LogP contribution in [0.3, 0.4) is 0 Å². The SMILES string of the molecule is COC(OC)C(=O)c1c(N)cc(Cl)cc1Cl. The molecule has 0 amide bonds. The maximum absolute atomic E-state index is 11.9. The Morgan fingerprint density at radius 1 is 1.31 bits per heavy atom. The molecule has 1 aromatic carbocycles. The average Bonchev–Trinajstić information content (AvgIpc) is 2.17. The van der Waals surface area contributed by atoms with Crippen molar-refractivity contribution < 1.29 is 14.3 Å². The Morgan fingerprint density at radius 2 is 1.88 bits per heavy atom. The van der Waals surface area contributed by atoms with Crippen molar-refractivity contribution in [2.75, 3.05) is 20.0 Å². The number of benzene rings is 1. The van der Waals surface area contributed by atoms with Crippen molar-refractivity contribution >= 4 is 34.7 Å². The standard InChI is InChI=1S/C10H11Cl2NO3/c1-15-10(16-2)9(14)8-6(12)3-5(11)4-7(8)13/h3-4,10H,13H2,1-2H3. The van der Waals surface area contributed by atoms with Crippen LogP contribution in [-0.4, -0.2) is 26.3 Å². The molecule has 6 heteroatoms. The Bertz CT molecular complexity index is 382. The summed E-state index contributed by atoms with van der Waals surface area (Å²) in [6, 6.07) is 2.89. The molecule has 0 radical (unpaired) electrons. The van der Waals surface area contributed by atoms with E-state index in [1.54, 1.807) is 0 Å². The molecule has 16 heavy (non-hydrogen) atoms. The highest BCUT2D eigenvalue weighted by atomic mass is 35.5. The maximum atomic E-state index is 11.9. The molecule has 0 aromatic heterocycles. The summed E-state index contributed by atoms with van der Waals surface area (Å²) in [5.74, 6) is -0.441. The van der Waals surface area contributed by atoms with Crippen LogP contribution in [0.4, 0.5) is 5.69 Å². The summed E-state index contributed by atoms with van der Waals surface area (Å²) in [6.07, 6.45) is -1.03. The number of carbonyl (C=O) groups excluding carboxylic acids is 1. The van der Waals surface area contributed by atoms with Gasteiger partial charge in [-0.3, -0.25) is 4.79 Å². The first-order valence-corrected chi connectivity index (χ1v) is 5.11. The molecular formula is C10H11Cl2NO3. The van der Waals surface area contributed by atoms with Crippen LogP contribution in [-0.2, 0) is 9.47 Å². The molecule has 0 saturated heterocycles. The fraction of sp³-hybridized carbons (Fsp3) is 0.300. The number of anilines is 1. The smallest absolute Gasteiger partial charge is 0.222 e. The van der Waals surface area contributed by atoms with Gasteiger partial charge >= 0.3 is 0 Å². The van der Waals surface area contributed by atoms with Crippen molar-refractivity contribution in [2.45, 2.75) is 6.29 Å². The number of Topliss-reactive ketones (excluding diaryl/α,β-unsaturated/α-hetero) is 1. The second-order valence-corrected chi connectivity index (χ2v) is 3.86. The van der Waals surface area contributed by atoms with Crippen molar-refractivity contribution in [3.8, 4) is 0 Å². The molecule has 0 aliphatic carbocycles. The highest BCUT2D eigenvalue weighted by Gasteiger charge is 2.24. The first kappa shape index (κ1) is 13.3. The molecular weight excluding hydrogens is 253 g/mol. The molecule has 1 rings (SSSR count). The molecule has 2 N–H and O–H groups in total. The number of hydrogen-bond donors (Lipinski definition) is 1. The summed E-state index contributed by atoms with van der Waals surface area (Å²) in [5.41, 5.74) is 6.02. The molecule has 4 nitrogen and oxygen atoms in total. The Balaban J connectivity index is 3.18. The Hall–Kier alpha value is -0.810. The zero-order valence-electron chi connectivity index (χ0n) is 8.79. The van der Waals surface area contributed by atoms with Gasteiger partial charge in [0.05, 0.1) is 10.6 Å². The van der Waals surface area contributed by atoms with Gasteiger partial charge in [-0.05, 0) is 12.1 Å². The van der Waals surface area contributed by atoms with E-state index in [1.165, 1.54) is 26.4 Å². The molecule has 0 fully saturated rings. The molecule has 0 aliphatic heterocycles. The first-order valence-electron chi connectivity index (χ1n) is 4.35. The Labute approximate surface area is 103 Å². The van der Waals surface area contributed by atoms with E-state index < -0.39 is 12.1 Å². The summed E-state index contributed by atoms with van der Waals surface area (Å²) in [7, 11) is 2.71. The summed E-state index contributed by atoms with van der Waals surface area (Å²) in [5, 5.41) is 0.541. The topological polar surface area (TPSA) is 61.5 Å². The van der Waals surface area contributed by atoms with Crippen LogP contribution in [0.5, 0.6) is 0 Å². The fourth-order valence-electron chi connectivity index (χ4n) is 1.28. The monoisotopic (exact) mass is 263 g/mol. The number of methoxy groups -OCH3 is 2. The molecule has 0 bridgehead atoms. The lowest BCUT2D eigenvalue weighted by atomic mass is 10.1. The number of rotatable bonds is 4. The van der Waals surface area contributed by atoms with Gasteiger partial charge in [-0.25, -0.2) is 0 Å². The second-order valence-electron chi connectivity index (χ2n) is 3.02. The minimum absolute atomic E-state index is 0.153. The fourth-order valence-corrected chi connectivity index (χ4v) is 1.88. The van der Waals surface area contributed by atoms with Crippen molar-refractivity contribution in [3.05, 3.63) is 27.7 Å². The summed E-state index contributed by atoms with van der Waals surface area (Å²) >= 11 is 11.6. The summed E-state index contributed by atoms with van der Waals surface area (Å²) < 4.78 is 9.67. The third-order valence-electron chi connectivity index (χ3n) is 1.97. The Morgan fingerprint density at radius 3 is 2.31 bits per heavy atom. The molecule has 0 unspecified atom stereocenters. The summed E-state index contributed by atoms with van der Waals surface area (Å²) in [6.45, 7) is 0. The molecule has 88 valence electrons. The van der Waals surface area contributed by atoms with E-state index >= 15 is 0 Å². The van der Waals surface area contributed by atoms with Gasteiger partial charge in [-0.15, -0.1) is 0 Å². The number of hydrogen-bond acceptors (Lipinski definition) is 4. The van der Waals surface area contributed by atoms with Crippen molar-refractivity contribution in [1.29, 1.82) is 0 Å². The zero-order chi connectivity index (χ0) is 12.3. The average molecular weight is 264 g/mol. The third kappa shape index (κ3) is 2.65. The van der Waals surface area contributed by atoms with Gasteiger partial charge in [0.1, 0.15) is 0 Å². The predicted molar refractivity (Wildman–Crippen MR) is 63.0 cm³/mol. The number of carbonyl (C=O) groups is 1. The van der Waals surface area contributed by atoms with Crippen LogP contribution < -0.4 is 5.73 Å². The quantitative estimate of drug-likeness (QED) is 0.515. The second kappa shape index (κ2) is 5.50. The van der Waals surface area contributed by atoms with Gasteiger partial charge in [0.2, 0.25) is 12.1 Å². The molecule has 0 atom stereocenters. The van der Waals surface area contributed by atoms with Crippen LogP contribution >= 0.6 is 23.2 Å². The summed E-state index contributed by atoms with van der Waals surface area (Å²) in [4.78, 5) is 11.9. The number of halogens is 2. The molecule has 1 aromatic rings. The number of nitrogens with two attached hydrogens (primary N) is 1. The van der Waals surface area contributed by atoms with E-state index in [9.17, 15) is 4.79 Å². The number of ketones is 1. The van der Waals surface area contributed by atoms with E-state index in [0.717, 1.165) is 0 Å². The van der Waals surface area contributed by atoms with Crippen LogP contribution in [0.2, 0.25) is 10.0 Å². The van der Waals surface area contributed by atoms with Gasteiger partial charge in [0, 0.05) is 24.9 Å². The number of ether oxygens (including phenoxy) is 2. The van der Waals surface area contributed by atoms with Crippen molar-refractivity contribution in [2.24, 2.45) is 0 Å². The van der Waals surface area contributed by atoms with Crippen molar-refractivity contribution in [3.63, 3.8) is 0 Å². The van der Waals surface area contributed by atoms with Gasteiger partial charge < -0.3 is 15.2 Å². The van der Waals surface area contributed by atoms with Crippen LogP contribution in [0.1, 0.15) is 10.4 Å². The van der Waals surface area contributed by atoms with E-state index in [-0.39, 0.29) is 16.3 Å². The van der Waals surface area contributed by atoms with E-state index in [1.807, 2.05) is 0 Å². The molecule has 0 aliphatic rings. The van der Waals surface area contributed by atoms with Crippen LogP contribution in [0.25, 0.3) is 0 Å². The van der Waals surface area contributed by atoms with Crippen molar-refractivity contribution in [1.82, 2.24) is 0 Å². The zero-order valence-corrected chi connectivity index (χ0v) is 10.3. The predicted octanol–water partition coefficient (Wildman–Crippen LogP) is 2.38.